The molecule has 2 bridgehead atoms. The van der Waals surface area contributed by atoms with Crippen molar-refractivity contribution < 1.29 is 5.11 Å². The lowest BCUT2D eigenvalue weighted by Crippen LogP contribution is -2.40. The first kappa shape index (κ1) is 7.66. The van der Waals surface area contributed by atoms with E-state index >= 15 is 0 Å². The van der Waals surface area contributed by atoms with Crippen LogP contribution < -0.4 is 0 Å². The lowest BCUT2D eigenvalue weighted by molar-refractivity contribution is 0.0164. The number of aliphatic hydroxyl groups excluding tert-OH is 1. The zero-order chi connectivity index (χ0) is 7.95. The molecule has 3 rings (SSSR count). The molecule has 0 saturated heterocycles. The maximum atomic E-state index is 9.21. The fourth-order valence-corrected chi connectivity index (χ4v) is 2.53. The first-order valence-electron chi connectivity index (χ1n) is 4.58. The van der Waals surface area contributed by atoms with Crippen LogP contribution in [0.2, 0.25) is 5.31 Å². The molecule has 0 heterocycles. The van der Waals surface area contributed by atoms with E-state index in [1.54, 1.807) is 0 Å². The summed E-state index contributed by atoms with van der Waals surface area (Å²) in [6.45, 7) is 0.378. The van der Waals surface area contributed by atoms with Gasteiger partial charge in [0.25, 0.3) is 0 Å². The van der Waals surface area contributed by atoms with E-state index in [1.165, 1.54) is 0 Å². The molecule has 0 spiro atoms. The summed E-state index contributed by atoms with van der Waals surface area (Å²) in [6, 6.07) is 0. The predicted molar refractivity (Wildman–Crippen MR) is 45.7 cm³/mol. The molecule has 0 unspecified atom stereocenters. The van der Waals surface area contributed by atoms with Crippen molar-refractivity contribution in [3.8, 4) is 0 Å². The largest absolute Gasteiger partial charge is 0.396 e. The fourth-order valence-electron chi connectivity index (χ4n) is 2.53. The standard InChI is InChI=1S/C9H15BO/c10-9-4-1-8(7-11,2-5-9)3-6-9/h11H,1-7H2. The summed E-state index contributed by atoms with van der Waals surface area (Å²) in [5, 5.41) is 9.36. The molecular weight excluding hydrogens is 135 g/mol. The van der Waals surface area contributed by atoms with Crippen molar-refractivity contribution in [2.75, 3.05) is 6.61 Å². The number of rotatable bonds is 1. The fraction of sp³-hybridized carbons (Fsp3) is 1.00. The van der Waals surface area contributed by atoms with Crippen LogP contribution >= 0.6 is 0 Å². The smallest absolute Gasteiger partial charge is 0.0746 e. The molecule has 0 aromatic rings. The highest BCUT2D eigenvalue weighted by Crippen LogP contribution is 2.58. The Morgan fingerprint density at radius 1 is 1.00 bits per heavy atom. The Balaban J connectivity index is 2.12. The van der Waals surface area contributed by atoms with Gasteiger partial charge < -0.3 is 5.11 Å². The van der Waals surface area contributed by atoms with E-state index in [0.29, 0.717) is 6.61 Å². The number of hydrogen-bond donors (Lipinski definition) is 1. The minimum absolute atomic E-state index is 0.150. The van der Waals surface area contributed by atoms with Crippen LogP contribution in [0.15, 0.2) is 0 Å². The molecule has 0 aromatic carbocycles. The van der Waals surface area contributed by atoms with Crippen LogP contribution in [0.3, 0.4) is 0 Å². The first-order valence-corrected chi connectivity index (χ1v) is 4.58. The Morgan fingerprint density at radius 2 is 1.45 bits per heavy atom. The SMILES string of the molecule is [B]C12CCC(CO)(CC1)CC2. The summed E-state index contributed by atoms with van der Waals surface area (Å²) in [4.78, 5) is 0. The Hall–Kier alpha value is 0.0249. The van der Waals surface area contributed by atoms with Crippen LogP contribution in [0.4, 0.5) is 0 Å². The zero-order valence-electron chi connectivity index (χ0n) is 6.97. The van der Waals surface area contributed by atoms with Gasteiger partial charge in [0, 0.05) is 6.61 Å². The normalized spacial score (nSPS) is 49.5. The third-order valence-corrected chi connectivity index (χ3v) is 3.80. The average Bonchev–Trinajstić information content (AvgIpc) is 2.07. The zero-order valence-corrected chi connectivity index (χ0v) is 6.97. The van der Waals surface area contributed by atoms with E-state index in [-0.39, 0.29) is 10.7 Å². The minimum atomic E-state index is 0.150. The summed E-state index contributed by atoms with van der Waals surface area (Å²) in [6.07, 6.45) is 6.86. The van der Waals surface area contributed by atoms with E-state index in [0.717, 1.165) is 38.5 Å². The van der Waals surface area contributed by atoms with Gasteiger partial charge in [-0.05, 0) is 24.7 Å². The number of hydrogen-bond acceptors (Lipinski definition) is 1. The molecule has 0 aliphatic heterocycles. The minimum Gasteiger partial charge on any atom is -0.396 e. The molecule has 0 atom stereocenters. The number of fused-ring (bicyclic) bond motifs is 3. The molecule has 3 aliphatic rings. The summed E-state index contributed by atoms with van der Waals surface area (Å²) in [5.74, 6) is 0. The third-order valence-electron chi connectivity index (χ3n) is 3.80. The monoisotopic (exact) mass is 150 g/mol. The molecule has 60 valence electrons. The molecular formula is C9H15BO. The quantitative estimate of drug-likeness (QED) is 0.563. The van der Waals surface area contributed by atoms with Gasteiger partial charge in [-0.3, -0.25) is 0 Å². The van der Waals surface area contributed by atoms with Crippen molar-refractivity contribution in [1.82, 2.24) is 0 Å². The van der Waals surface area contributed by atoms with Crippen LogP contribution in [0.25, 0.3) is 0 Å². The lowest BCUT2D eigenvalue weighted by Gasteiger charge is -2.51. The summed E-state index contributed by atoms with van der Waals surface area (Å²) in [7, 11) is 6.13. The van der Waals surface area contributed by atoms with E-state index in [4.69, 9.17) is 7.85 Å². The van der Waals surface area contributed by atoms with Gasteiger partial charge in [-0.2, -0.15) is 0 Å². The van der Waals surface area contributed by atoms with Crippen LogP contribution in [-0.4, -0.2) is 19.6 Å². The van der Waals surface area contributed by atoms with Crippen molar-refractivity contribution in [1.29, 1.82) is 0 Å². The van der Waals surface area contributed by atoms with Crippen molar-refractivity contribution >= 4 is 7.85 Å². The van der Waals surface area contributed by atoms with Crippen LogP contribution in [-0.2, 0) is 0 Å². The topological polar surface area (TPSA) is 20.2 Å². The van der Waals surface area contributed by atoms with E-state index in [9.17, 15) is 5.11 Å². The van der Waals surface area contributed by atoms with Crippen molar-refractivity contribution in [3.05, 3.63) is 0 Å². The molecule has 1 N–H and O–H groups in total. The highest BCUT2D eigenvalue weighted by molar-refractivity contribution is 6.15. The molecule has 0 aromatic heterocycles. The van der Waals surface area contributed by atoms with Gasteiger partial charge in [0.1, 0.15) is 0 Å². The average molecular weight is 150 g/mol. The predicted octanol–water partition coefficient (Wildman–Crippen LogP) is 1.66. The molecule has 2 radical (unpaired) electrons. The van der Waals surface area contributed by atoms with E-state index in [1.807, 2.05) is 0 Å². The van der Waals surface area contributed by atoms with Gasteiger partial charge in [0.15, 0.2) is 0 Å². The van der Waals surface area contributed by atoms with Crippen molar-refractivity contribution in [2.45, 2.75) is 43.8 Å². The number of aliphatic hydroxyl groups is 1. The lowest BCUT2D eigenvalue weighted by atomic mass is 9.47. The van der Waals surface area contributed by atoms with Gasteiger partial charge >= 0.3 is 0 Å². The Bertz CT molecular complexity index is 142. The van der Waals surface area contributed by atoms with Crippen LogP contribution in [0.5, 0.6) is 0 Å². The Morgan fingerprint density at radius 3 is 1.82 bits per heavy atom. The molecule has 0 amide bonds. The third kappa shape index (κ3) is 1.12. The summed E-state index contributed by atoms with van der Waals surface area (Å²) >= 11 is 0. The Labute approximate surface area is 69.6 Å². The highest BCUT2D eigenvalue weighted by Gasteiger charge is 2.45. The van der Waals surface area contributed by atoms with Crippen molar-refractivity contribution in [2.24, 2.45) is 5.41 Å². The molecule has 11 heavy (non-hydrogen) atoms. The summed E-state index contributed by atoms with van der Waals surface area (Å²) < 4.78 is 0. The molecule has 3 fully saturated rings. The maximum absolute atomic E-state index is 9.21. The highest BCUT2D eigenvalue weighted by atomic mass is 16.3. The van der Waals surface area contributed by atoms with E-state index in [2.05, 4.69) is 0 Å². The van der Waals surface area contributed by atoms with Gasteiger partial charge in [0.05, 0.1) is 7.85 Å². The molecule has 1 nitrogen and oxygen atoms in total. The Kier molecular flexibility index (Phi) is 1.57. The van der Waals surface area contributed by atoms with E-state index < -0.39 is 0 Å². The van der Waals surface area contributed by atoms with Crippen LogP contribution in [0, 0.1) is 5.41 Å². The van der Waals surface area contributed by atoms with Gasteiger partial charge in [-0.25, -0.2) is 0 Å². The first-order chi connectivity index (χ1) is 5.18. The van der Waals surface area contributed by atoms with Gasteiger partial charge in [0.2, 0.25) is 0 Å². The molecule has 3 saturated carbocycles. The van der Waals surface area contributed by atoms with Crippen molar-refractivity contribution in [3.63, 3.8) is 0 Å². The second-order valence-electron chi connectivity index (χ2n) is 4.52. The summed E-state index contributed by atoms with van der Waals surface area (Å²) in [5.41, 5.74) is 0.279. The van der Waals surface area contributed by atoms with Crippen LogP contribution in [0.1, 0.15) is 38.5 Å². The molecule has 2 heteroatoms. The second-order valence-corrected chi connectivity index (χ2v) is 4.52. The second kappa shape index (κ2) is 2.26. The van der Waals surface area contributed by atoms with Gasteiger partial charge in [-0.1, -0.05) is 24.6 Å². The molecule has 3 aliphatic carbocycles. The van der Waals surface area contributed by atoms with Gasteiger partial charge in [-0.15, -0.1) is 0 Å². The maximum Gasteiger partial charge on any atom is 0.0746 e.